The molecule has 11 nitrogen and oxygen atoms in total. The van der Waals surface area contributed by atoms with E-state index in [0.717, 1.165) is 46.7 Å². The summed E-state index contributed by atoms with van der Waals surface area (Å²) in [6.45, 7) is 8.70. The van der Waals surface area contributed by atoms with Crippen molar-refractivity contribution >= 4 is 50.3 Å². The van der Waals surface area contributed by atoms with Crippen LogP contribution in [0.1, 0.15) is 90.9 Å². The normalized spacial score (nSPS) is 17.3. The number of halogens is 3. The van der Waals surface area contributed by atoms with Crippen LogP contribution >= 0.6 is 11.3 Å². The number of anilines is 2. The second-order valence-corrected chi connectivity index (χ2v) is 17.5. The Bertz CT molecular complexity index is 2360. The first-order valence-corrected chi connectivity index (χ1v) is 20.9. The minimum atomic E-state index is -4.79. The number of para-hydroxylation sites is 1. The molecule has 0 unspecified atom stereocenters. The Morgan fingerprint density at radius 1 is 0.967 bits per heavy atom. The molecule has 1 fully saturated rings. The fourth-order valence-corrected chi connectivity index (χ4v) is 8.90. The number of piperidine rings is 1. The number of fused-ring (bicyclic) bond motifs is 2. The summed E-state index contributed by atoms with van der Waals surface area (Å²) in [7, 11) is 0. The third-order valence-electron chi connectivity index (χ3n) is 10.9. The molecular weight excluding hydrogens is 796 g/mol. The SMILES string of the molecule is C[C@H]1C[C@@H](CCCOc2ccc(-c3ccc(N4CCc5cccc(C(=O)Nc6nc7ccccc7s6)c5C4)nc3C(=O)OC(C)(C)C)c(C(F)(F)F)c2)CCN1CC(=O)O. The topological polar surface area (TPSA) is 134 Å². The summed E-state index contributed by atoms with van der Waals surface area (Å²) in [5.74, 6) is -1.26. The van der Waals surface area contributed by atoms with Crippen molar-refractivity contribution in [1.29, 1.82) is 0 Å². The maximum absolute atomic E-state index is 14.8. The molecule has 0 bridgehead atoms. The Balaban J connectivity index is 1.11. The summed E-state index contributed by atoms with van der Waals surface area (Å²) in [5.41, 5.74) is 0.526. The van der Waals surface area contributed by atoms with Gasteiger partial charge in [0.2, 0.25) is 0 Å². The number of alkyl halides is 3. The van der Waals surface area contributed by atoms with Crippen LogP contribution in [0.4, 0.5) is 24.1 Å². The minimum absolute atomic E-state index is 0.0110. The van der Waals surface area contributed by atoms with E-state index in [1.54, 1.807) is 32.9 Å². The molecule has 3 aromatic carbocycles. The number of aromatic nitrogens is 2. The predicted molar refractivity (Wildman–Crippen MR) is 225 cm³/mol. The molecule has 2 aliphatic heterocycles. The number of carbonyl (C=O) groups excluding carboxylic acids is 2. The molecule has 0 saturated carbocycles. The lowest BCUT2D eigenvalue weighted by Gasteiger charge is -2.36. The number of carbonyl (C=O) groups is 3. The van der Waals surface area contributed by atoms with Gasteiger partial charge in [-0.3, -0.25) is 19.8 Å². The monoisotopic (exact) mass is 843 g/mol. The van der Waals surface area contributed by atoms with Gasteiger partial charge in [-0.2, -0.15) is 13.2 Å². The van der Waals surface area contributed by atoms with Gasteiger partial charge in [0.05, 0.1) is 28.9 Å². The van der Waals surface area contributed by atoms with Crippen molar-refractivity contribution in [3.8, 4) is 16.9 Å². The van der Waals surface area contributed by atoms with Crippen LogP contribution in [0, 0.1) is 5.92 Å². The van der Waals surface area contributed by atoms with Crippen LogP contribution in [0.5, 0.6) is 5.75 Å². The number of amides is 1. The first kappa shape index (κ1) is 42.6. The summed E-state index contributed by atoms with van der Waals surface area (Å²) in [6.07, 6.45) is -1.09. The maximum atomic E-state index is 14.8. The number of pyridine rings is 1. The number of likely N-dealkylation sites (tertiary alicyclic amines) is 1. The van der Waals surface area contributed by atoms with Gasteiger partial charge >= 0.3 is 18.1 Å². The van der Waals surface area contributed by atoms with Gasteiger partial charge in [-0.25, -0.2) is 14.8 Å². The number of benzene rings is 3. The van der Waals surface area contributed by atoms with Crippen LogP contribution in [0.3, 0.4) is 0 Å². The molecule has 15 heteroatoms. The molecule has 0 aliphatic carbocycles. The van der Waals surface area contributed by atoms with Crippen molar-refractivity contribution in [2.75, 3.05) is 36.5 Å². The Labute approximate surface area is 350 Å². The molecule has 2 aromatic heterocycles. The molecule has 2 atom stereocenters. The van der Waals surface area contributed by atoms with Gasteiger partial charge in [0.15, 0.2) is 10.8 Å². The van der Waals surface area contributed by atoms with E-state index in [-0.39, 0.29) is 54.2 Å². The lowest BCUT2D eigenvalue weighted by atomic mass is 9.88. The molecule has 316 valence electrons. The summed E-state index contributed by atoms with van der Waals surface area (Å²) >= 11 is 1.38. The zero-order chi connectivity index (χ0) is 42.8. The number of esters is 1. The molecule has 0 radical (unpaired) electrons. The van der Waals surface area contributed by atoms with Crippen molar-refractivity contribution in [3.05, 3.63) is 101 Å². The predicted octanol–water partition coefficient (Wildman–Crippen LogP) is 9.49. The number of carboxylic acid groups (broad SMARTS) is 1. The second-order valence-electron chi connectivity index (χ2n) is 16.4. The number of thiazole rings is 1. The van der Waals surface area contributed by atoms with Gasteiger partial charge in [-0.1, -0.05) is 41.7 Å². The van der Waals surface area contributed by atoms with Gasteiger partial charge in [0.25, 0.3) is 5.91 Å². The zero-order valence-corrected chi connectivity index (χ0v) is 34.8. The largest absolute Gasteiger partial charge is 0.494 e. The molecule has 7 rings (SSSR count). The Kier molecular flexibility index (Phi) is 12.5. The van der Waals surface area contributed by atoms with E-state index >= 15 is 0 Å². The fourth-order valence-electron chi connectivity index (χ4n) is 8.04. The van der Waals surface area contributed by atoms with Gasteiger partial charge in [0.1, 0.15) is 17.2 Å². The molecule has 2 N–H and O–H groups in total. The molecule has 2 aliphatic rings. The van der Waals surface area contributed by atoms with E-state index < -0.39 is 29.3 Å². The first-order chi connectivity index (χ1) is 28.5. The van der Waals surface area contributed by atoms with Crippen molar-refractivity contribution < 1.29 is 42.1 Å². The van der Waals surface area contributed by atoms with E-state index in [9.17, 15) is 27.6 Å². The van der Waals surface area contributed by atoms with Gasteiger partial charge in [0, 0.05) is 30.3 Å². The van der Waals surface area contributed by atoms with Crippen LogP contribution in [-0.4, -0.2) is 75.7 Å². The van der Waals surface area contributed by atoms with Crippen LogP contribution in [-0.2, 0) is 28.7 Å². The number of nitrogens with zero attached hydrogens (tertiary/aromatic N) is 4. The highest BCUT2D eigenvalue weighted by molar-refractivity contribution is 7.22. The molecule has 4 heterocycles. The van der Waals surface area contributed by atoms with E-state index in [1.165, 1.54) is 29.5 Å². The average molecular weight is 844 g/mol. The Hall–Kier alpha value is -5.54. The van der Waals surface area contributed by atoms with Crippen molar-refractivity contribution in [2.24, 2.45) is 5.92 Å². The number of hydrogen-bond acceptors (Lipinski definition) is 10. The standard InChI is InChI=1S/C45H48F3N5O6S/c1-27-23-28(18-20-52(27)26-39(54)55)9-8-22-58-30-14-15-31(35(24-30)45(46,47)48)32-16-17-38(50-40(32)42(57)59-44(2,3)4)53-21-19-29-10-7-11-33(34(29)25-53)41(56)51-43-49-36-12-5-6-13-37(36)60-43/h5-7,10-17,24,27-28H,8-9,18-23,25-26H2,1-4H3,(H,54,55)(H,49,51,56)/t27-,28-/m0/s1. The molecule has 60 heavy (non-hydrogen) atoms. The number of rotatable bonds is 12. The lowest BCUT2D eigenvalue weighted by Crippen LogP contribution is -2.43. The van der Waals surface area contributed by atoms with Crippen molar-refractivity contribution in [3.63, 3.8) is 0 Å². The van der Waals surface area contributed by atoms with Gasteiger partial charge in [-0.05, 0) is 131 Å². The van der Waals surface area contributed by atoms with E-state index in [0.29, 0.717) is 48.4 Å². The molecule has 1 amide bonds. The van der Waals surface area contributed by atoms with Crippen LogP contribution in [0.2, 0.25) is 0 Å². The van der Waals surface area contributed by atoms with Crippen LogP contribution < -0.4 is 15.0 Å². The van der Waals surface area contributed by atoms with Crippen molar-refractivity contribution in [2.45, 2.75) is 84.2 Å². The highest BCUT2D eigenvalue weighted by Crippen LogP contribution is 2.41. The number of hydrogen-bond donors (Lipinski definition) is 2. The van der Waals surface area contributed by atoms with Crippen molar-refractivity contribution in [1.82, 2.24) is 14.9 Å². The lowest BCUT2D eigenvalue weighted by molar-refractivity contribution is -0.139. The summed E-state index contributed by atoms with van der Waals surface area (Å²) < 4.78 is 57.0. The highest BCUT2D eigenvalue weighted by atomic mass is 32.1. The third kappa shape index (κ3) is 10.1. The number of carboxylic acids is 1. The third-order valence-corrected chi connectivity index (χ3v) is 11.9. The number of nitrogens with one attached hydrogen (secondary N) is 1. The van der Waals surface area contributed by atoms with Gasteiger partial charge < -0.3 is 19.5 Å². The Morgan fingerprint density at radius 3 is 2.48 bits per heavy atom. The molecule has 0 spiro atoms. The minimum Gasteiger partial charge on any atom is -0.494 e. The van der Waals surface area contributed by atoms with E-state index in [4.69, 9.17) is 14.6 Å². The second kappa shape index (κ2) is 17.6. The first-order valence-electron chi connectivity index (χ1n) is 20.1. The molecule has 1 saturated heterocycles. The number of aliphatic carboxylic acids is 1. The smallest absolute Gasteiger partial charge is 0.417 e. The maximum Gasteiger partial charge on any atom is 0.417 e. The molecule has 5 aromatic rings. The van der Waals surface area contributed by atoms with E-state index in [1.807, 2.05) is 53.1 Å². The average Bonchev–Trinajstić information content (AvgIpc) is 3.61. The number of ether oxygens (including phenoxy) is 2. The van der Waals surface area contributed by atoms with Gasteiger partial charge in [-0.15, -0.1) is 0 Å². The zero-order valence-electron chi connectivity index (χ0n) is 34.0. The quantitative estimate of drug-likeness (QED) is 0.0924. The highest BCUT2D eigenvalue weighted by Gasteiger charge is 2.36. The summed E-state index contributed by atoms with van der Waals surface area (Å²) in [5, 5.41) is 12.6. The fraction of sp³-hybridized carbons (Fsp3) is 0.400. The summed E-state index contributed by atoms with van der Waals surface area (Å²) in [4.78, 5) is 51.7. The Morgan fingerprint density at radius 2 is 1.75 bits per heavy atom. The van der Waals surface area contributed by atoms with E-state index in [2.05, 4.69) is 15.3 Å². The van der Waals surface area contributed by atoms with Crippen LogP contribution in [0.15, 0.2) is 72.8 Å². The van der Waals surface area contributed by atoms with Crippen LogP contribution in [0.25, 0.3) is 21.3 Å². The summed E-state index contributed by atoms with van der Waals surface area (Å²) in [6, 6.07) is 20.1. The molecular formula is C45H48F3N5O6S.